The first kappa shape index (κ1) is 20.8. The first-order valence-electron chi connectivity index (χ1n) is 10.2. The highest BCUT2D eigenvalue weighted by Gasteiger charge is 2.24. The molecule has 162 valence electrons. The molecule has 6 N–H and O–H groups in total. The first-order valence-corrected chi connectivity index (χ1v) is 10.2. The number of aromatic nitrogens is 2. The Bertz CT molecular complexity index is 1120. The monoisotopic (exact) mass is 424 g/mol. The number of anilines is 3. The topological polar surface area (TPSA) is 128 Å². The third-order valence-corrected chi connectivity index (χ3v) is 5.60. The quantitative estimate of drug-likeness (QED) is 0.478. The molecule has 0 radical (unpaired) electrons. The largest absolute Gasteiger partial charge is 0.497 e. The van der Waals surface area contributed by atoms with Gasteiger partial charge in [0.25, 0.3) is 5.91 Å². The highest BCUT2D eigenvalue weighted by molar-refractivity contribution is 5.99. The van der Waals surface area contributed by atoms with E-state index in [0.717, 1.165) is 25.7 Å². The summed E-state index contributed by atoms with van der Waals surface area (Å²) in [5.74, 6) is -0.469. The smallest absolute Gasteiger partial charge is 0.252 e. The van der Waals surface area contributed by atoms with Crippen molar-refractivity contribution in [2.24, 2.45) is 11.5 Å². The Hall–Kier alpha value is -3.46. The molecule has 1 amide bonds. The lowest BCUT2D eigenvalue weighted by Gasteiger charge is -2.30. The lowest BCUT2D eigenvalue weighted by molar-refractivity contribution is 0.100. The van der Waals surface area contributed by atoms with Gasteiger partial charge in [-0.15, -0.1) is 0 Å². The maximum Gasteiger partial charge on any atom is 0.252 e. The Balaban J connectivity index is 1.78. The number of hydrogen-bond acceptors (Lipinski definition) is 7. The SMILES string of the molecule is COc1cc(N[C@@H]2CCCC[C@@H]2N)c2c(F)c(Nc3ncccc3C(N)=O)cnc2c1. The zero-order valence-electron chi connectivity index (χ0n) is 17.2. The van der Waals surface area contributed by atoms with Crippen LogP contribution in [0.3, 0.4) is 0 Å². The fourth-order valence-electron chi connectivity index (χ4n) is 3.95. The number of methoxy groups -OCH3 is 1. The van der Waals surface area contributed by atoms with Gasteiger partial charge in [-0.25, -0.2) is 9.37 Å². The zero-order valence-corrected chi connectivity index (χ0v) is 17.2. The number of carbonyl (C=O) groups excluding carboxylic acids is 1. The third-order valence-electron chi connectivity index (χ3n) is 5.60. The van der Waals surface area contributed by atoms with Gasteiger partial charge in [-0.3, -0.25) is 9.78 Å². The van der Waals surface area contributed by atoms with Gasteiger partial charge in [-0.2, -0.15) is 0 Å². The van der Waals surface area contributed by atoms with Crippen LogP contribution in [-0.2, 0) is 0 Å². The molecule has 2 aromatic heterocycles. The number of nitrogens with two attached hydrogens (primary N) is 2. The first-order chi connectivity index (χ1) is 15.0. The van der Waals surface area contributed by atoms with Crippen LogP contribution in [0.25, 0.3) is 10.9 Å². The van der Waals surface area contributed by atoms with Gasteiger partial charge in [0.15, 0.2) is 5.82 Å². The molecule has 2 atom stereocenters. The van der Waals surface area contributed by atoms with E-state index in [9.17, 15) is 4.79 Å². The van der Waals surface area contributed by atoms with Crippen LogP contribution >= 0.6 is 0 Å². The molecule has 1 fully saturated rings. The number of nitrogens with zero attached hydrogens (tertiary/aromatic N) is 2. The highest BCUT2D eigenvalue weighted by atomic mass is 19.1. The minimum absolute atomic E-state index is 0.0148. The van der Waals surface area contributed by atoms with Gasteiger partial charge in [-0.05, 0) is 25.0 Å². The van der Waals surface area contributed by atoms with E-state index in [0.29, 0.717) is 22.3 Å². The number of halogens is 1. The van der Waals surface area contributed by atoms with Crippen molar-refractivity contribution in [2.75, 3.05) is 17.7 Å². The molecule has 1 aliphatic rings. The number of carbonyl (C=O) groups is 1. The van der Waals surface area contributed by atoms with Gasteiger partial charge in [0.05, 0.1) is 41.1 Å². The molecule has 0 aliphatic heterocycles. The molecular formula is C22H25FN6O2. The van der Waals surface area contributed by atoms with Gasteiger partial charge in [0, 0.05) is 30.4 Å². The van der Waals surface area contributed by atoms with E-state index in [1.807, 2.05) is 0 Å². The molecule has 0 saturated heterocycles. The standard InChI is InChI=1S/C22H25FN6O2/c1-31-12-9-16-19(17(10-12)28-15-7-3-2-6-14(15)24)20(23)18(11-27-16)29-22-13(21(25)30)5-4-8-26-22/h4-5,8-11,14-15,28H,2-3,6-7,24H2,1H3,(H2,25,30)(H,26,29)/t14-,15+/m0/s1. The van der Waals surface area contributed by atoms with Crippen LogP contribution in [0.2, 0.25) is 0 Å². The maximum absolute atomic E-state index is 15.7. The molecule has 0 unspecified atom stereocenters. The second kappa shape index (κ2) is 8.73. The molecule has 1 saturated carbocycles. The van der Waals surface area contributed by atoms with Crippen LogP contribution in [0.15, 0.2) is 36.7 Å². The Kier molecular flexibility index (Phi) is 5.85. The average Bonchev–Trinajstić information content (AvgIpc) is 2.77. The van der Waals surface area contributed by atoms with Gasteiger partial charge in [-0.1, -0.05) is 12.8 Å². The van der Waals surface area contributed by atoms with E-state index in [1.54, 1.807) is 25.3 Å². The summed E-state index contributed by atoms with van der Waals surface area (Å²) < 4.78 is 21.1. The Labute approximate surface area is 179 Å². The second-order valence-electron chi connectivity index (χ2n) is 7.64. The van der Waals surface area contributed by atoms with Crippen LogP contribution in [0.4, 0.5) is 21.6 Å². The number of amides is 1. The van der Waals surface area contributed by atoms with Crippen molar-refractivity contribution < 1.29 is 13.9 Å². The van der Waals surface area contributed by atoms with E-state index < -0.39 is 11.7 Å². The van der Waals surface area contributed by atoms with E-state index in [4.69, 9.17) is 16.2 Å². The van der Waals surface area contributed by atoms with Crippen molar-refractivity contribution in [1.29, 1.82) is 0 Å². The molecule has 9 heteroatoms. The molecule has 3 aromatic rings. The summed E-state index contributed by atoms with van der Waals surface area (Å²) in [5.41, 5.74) is 12.9. The lowest BCUT2D eigenvalue weighted by atomic mass is 9.90. The van der Waals surface area contributed by atoms with Gasteiger partial charge < -0.3 is 26.8 Å². The van der Waals surface area contributed by atoms with Crippen molar-refractivity contribution in [1.82, 2.24) is 9.97 Å². The Morgan fingerprint density at radius 3 is 2.77 bits per heavy atom. The molecule has 2 heterocycles. The van der Waals surface area contributed by atoms with Crippen molar-refractivity contribution in [3.63, 3.8) is 0 Å². The van der Waals surface area contributed by atoms with Crippen LogP contribution in [0.1, 0.15) is 36.0 Å². The van der Waals surface area contributed by atoms with Crippen LogP contribution in [0, 0.1) is 5.82 Å². The van der Waals surface area contributed by atoms with Gasteiger partial charge >= 0.3 is 0 Å². The van der Waals surface area contributed by atoms with E-state index >= 15 is 4.39 Å². The summed E-state index contributed by atoms with van der Waals surface area (Å²) in [6.07, 6.45) is 6.83. The number of nitrogens with one attached hydrogen (secondary N) is 2. The summed E-state index contributed by atoms with van der Waals surface area (Å²) in [6, 6.07) is 6.53. The lowest BCUT2D eigenvalue weighted by Crippen LogP contribution is -2.42. The molecule has 4 rings (SSSR count). The summed E-state index contributed by atoms with van der Waals surface area (Å²) in [6.45, 7) is 0. The van der Waals surface area contributed by atoms with Crippen molar-refractivity contribution in [2.45, 2.75) is 37.8 Å². The highest BCUT2D eigenvalue weighted by Crippen LogP contribution is 2.35. The van der Waals surface area contributed by atoms with Crippen LogP contribution < -0.4 is 26.8 Å². The molecule has 31 heavy (non-hydrogen) atoms. The summed E-state index contributed by atoms with van der Waals surface area (Å²) in [5, 5.41) is 6.56. The van der Waals surface area contributed by atoms with E-state index in [2.05, 4.69) is 20.6 Å². The number of pyridine rings is 2. The minimum atomic E-state index is -0.664. The van der Waals surface area contributed by atoms with Gasteiger partial charge in [0.1, 0.15) is 11.6 Å². The van der Waals surface area contributed by atoms with Gasteiger partial charge in [0.2, 0.25) is 0 Å². The predicted molar refractivity (Wildman–Crippen MR) is 118 cm³/mol. The van der Waals surface area contributed by atoms with Crippen molar-refractivity contribution >= 4 is 34.0 Å². The van der Waals surface area contributed by atoms with E-state index in [-0.39, 0.29) is 29.2 Å². The third kappa shape index (κ3) is 4.22. The minimum Gasteiger partial charge on any atom is -0.497 e. The van der Waals surface area contributed by atoms with Crippen LogP contribution in [-0.4, -0.2) is 35.1 Å². The number of primary amides is 1. The normalized spacial score (nSPS) is 18.5. The van der Waals surface area contributed by atoms with Crippen molar-refractivity contribution in [3.05, 3.63) is 48.0 Å². The molecule has 1 aromatic carbocycles. The number of rotatable bonds is 6. The summed E-state index contributed by atoms with van der Waals surface area (Å²) >= 11 is 0. The van der Waals surface area contributed by atoms with Crippen molar-refractivity contribution in [3.8, 4) is 5.75 Å². The number of fused-ring (bicyclic) bond motifs is 1. The summed E-state index contributed by atoms with van der Waals surface area (Å²) in [4.78, 5) is 20.2. The molecule has 1 aliphatic carbocycles. The fourth-order valence-corrected chi connectivity index (χ4v) is 3.95. The van der Waals surface area contributed by atoms with Crippen LogP contribution in [0.5, 0.6) is 5.75 Å². The van der Waals surface area contributed by atoms with E-state index in [1.165, 1.54) is 18.5 Å². The Morgan fingerprint density at radius 1 is 1.23 bits per heavy atom. The maximum atomic E-state index is 15.7. The average molecular weight is 424 g/mol. The molecule has 8 nitrogen and oxygen atoms in total. The fraction of sp³-hybridized carbons (Fsp3) is 0.318. The number of hydrogen-bond donors (Lipinski definition) is 4. The Morgan fingerprint density at radius 2 is 2.03 bits per heavy atom. The number of ether oxygens (including phenoxy) is 1. The molecule has 0 spiro atoms. The molecule has 0 bridgehead atoms. The summed E-state index contributed by atoms with van der Waals surface area (Å²) in [7, 11) is 1.55. The zero-order chi connectivity index (χ0) is 22.0. The molecular weight excluding hydrogens is 399 g/mol. The number of benzene rings is 1. The predicted octanol–water partition coefficient (Wildman–Crippen LogP) is 3.30. The second-order valence-corrected chi connectivity index (χ2v) is 7.64.